The second-order valence-electron chi connectivity index (χ2n) is 5.34. The number of rotatable bonds is 7. The van der Waals surface area contributed by atoms with Crippen LogP contribution in [-0.2, 0) is 0 Å². The first kappa shape index (κ1) is 16.0. The third-order valence-corrected chi connectivity index (χ3v) is 3.61. The van der Waals surface area contributed by atoms with Crippen molar-refractivity contribution in [1.82, 2.24) is 0 Å². The van der Waals surface area contributed by atoms with Crippen molar-refractivity contribution in [1.29, 1.82) is 0 Å². The lowest BCUT2D eigenvalue weighted by atomic mass is 10.0. The summed E-state index contributed by atoms with van der Waals surface area (Å²) in [5.74, 6) is 0.541. The highest BCUT2D eigenvalue weighted by atomic mass is 35.5. The van der Waals surface area contributed by atoms with Gasteiger partial charge in [0.15, 0.2) is 6.29 Å². The lowest BCUT2D eigenvalue weighted by Gasteiger charge is -2.35. The molecule has 0 N–H and O–H groups in total. The number of anilines is 1. The van der Waals surface area contributed by atoms with Crippen LogP contribution in [0.5, 0.6) is 0 Å². The number of carbonyl (C=O) groups is 1. The molecule has 0 unspecified atom stereocenters. The minimum atomic E-state index is 0.444. The van der Waals surface area contributed by atoms with Crippen molar-refractivity contribution < 1.29 is 4.79 Å². The molecule has 3 heteroatoms. The molecule has 19 heavy (non-hydrogen) atoms. The Kier molecular flexibility index (Phi) is 6.36. The van der Waals surface area contributed by atoms with Gasteiger partial charge in [0.25, 0.3) is 0 Å². The molecule has 0 atom stereocenters. The zero-order chi connectivity index (χ0) is 14.4. The molecule has 0 heterocycles. The minimum absolute atomic E-state index is 0.444. The van der Waals surface area contributed by atoms with Crippen LogP contribution in [0.4, 0.5) is 5.69 Å². The summed E-state index contributed by atoms with van der Waals surface area (Å²) in [6.45, 7) is 9.70. The van der Waals surface area contributed by atoms with Gasteiger partial charge in [-0.25, -0.2) is 0 Å². The van der Waals surface area contributed by atoms with Crippen molar-refractivity contribution in [3.63, 3.8) is 0 Å². The molecular weight excluding hydrogens is 258 g/mol. The Morgan fingerprint density at radius 1 is 1.26 bits per heavy atom. The van der Waals surface area contributed by atoms with Gasteiger partial charge < -0.3 is 4.90 Å². The monoisotopic (exact) mass is 281 g/mol. The van der Waals surface area contributed by atoms with Gasteiger partial charge in [0.2, 0.25) is 0 Å². The summed E-state index contributed by atoms with van der Waals surface area (Å²) in [5, 5.41) is 0.681. The Morgan fingerprint density at radius 3 is 2.37 bits per heavy atom. The van der Waals surface area contributed by atoms with Gasteiger partial charge in [0.1, 0.15) is 0 Å². The normalized spacial score (nSPS) is 11.1. The van der Waals surface area contributed by atoms with Crippen molar-refractivity contribution in [3.8, 4) is 0 Å². The lowest BCUT2D eigenvalue weighted by Crippen LogP contribution is -2.38. The van der Waals surface area contributed by atoms with Crippen LogP contribution in [0.1, 0.15) is 50.9 Å². The number of hydrogen-bond donors (Lipinski definition) is 0. The Hall–Kier alpha value is -1.02. The van der Waals surface area contributed by atoms with Crippen LogP contribution in [0.2, 0.25) is 5.02 Å². The molecule has 0 spiro atoms. The first-order valence-electron chi connectivity index (χ1n) is 7.04. The molecular formula is C16H24ClNO. The van der Waals surface area contributed by atoms with E-state index in [-0.39, 0.29) is 0 Å². The molecule has 0 aliphatic rings. The van der Waals surface area contributed by atoms with Gasteiger partial charge in [0.05, 0.1) is 0 Å². The van der Waals surface area contributed by atoms with Crippen molar-refractivity contribution >= 4 is 23.6 Å². The van der Waals surface area contributed by atoms with Crippen molar-refractivity contribution in [2.24, 2.45) is 5.92 Å². The fourth-order valence-corrected chi connectivity index (χ4v) is 2.60. The van der Waals surface area contributed by atoms with Gasteiger partial charge in [-0.1, -0.05) is 39.3 Å². The molecule has 0 aliphatic carbocycles. The zero-order valence-corrected chi connectivity index (χ0v) is 13.1. The molecule has 2 nitrogen and oxygen atoms in total. The van der Waals surface area contributed by atoms with Gasteiger partial charge in [-0.3, -0.25) is 4.79 Å². The molecule has 1 aromatic carbocycles. The van der Waals surface area contributed by atoms with E-state index >= 15 is 0 Å². The molecule has 1 rings (SSSR count). The fourth-order valence-electron chi connectivity index (χ4n) is 2.43. The Labute approximate surface area is 121 Å². The van der Waals surface area contributed by atoms with Gasteiger partial charge in [0, 0.05) is 28.9 Å². The van der Waals surface area contributed by atoms with E-state index in [4.69, 9.17) is 11.6 Å². The molecule has 106 valence electrons. The topological polar surface area (TPSA) is 20.3 Å². The van der Waals surface area contributed by atoms with Crippen LogP contribution in [0.25, 0.3) is 0 Å². The number of carbonyl (C=O) groups excluding carboxylic acids is 1. The highest BCUT2D eigenvalue weighted by molar-refractivity contribution is 6.31. The van der Waals surface area contributed by atoms with E-state index in [2.05, 4.69) is 32.6 Å². The first-order chi connectivity index (χ1) is 9.03. The van der Waals surface area contributed by atoms with Crippen LogP contribution >= 0.6 is 11.6 Å². The number of aldehydes is 1. The summed E-state index contributed by atoms with van der Waals surface area (Å²) >= 11 is 6.10. The predicted octanol–water partition coefficient (Wildman–Crippen LogP) is 4.80. The maximum absolute atomic E-state index is 11.3. The average Bonchev–Trinajstić information content (AvgIpc) is 2.38. The second kappa shape index (κ2) is 7.54. The Bertz CT molecular complexity index is 413. The van der Waals surface area contributed by atoms with E-state index in [0.717, 1.165) is 36.9 Å². The second-order valence-corrected chi connectivity index (χ2v) is 5.77. The molecule has 0 aromatic heterocycles. The van der Waals surface area contributed by atoms with E-state index in [1.54, 1.807) is 12.1 Å². The van der Waals surface area contributed by atoms with E-state index in [9.17, 15) is 4.79 Å². The molecule has 0 saturated heterocycles. The first-order valence-corrected chi connectivity index (χ1v) is 7.42. The van der Waals surface area contributed by atoms with E-state index in [0.29, 0.717) is 17.0 Å². The third kappa shape index (κ3) is 4.24. The van der Waals surface area contributed by atoms with Gasteiger partial charge in [-0.2, -0.15) is 0 Å². The summed E-state index contributed by atoms with van der Waals surface area (Å²) in [6, 6.07) is 5.93. The summed E-state index contributed by atoms with van der Waals surface area (Å²) in [6.07, 6.45) is 3.05. The van der Waals surface area contributed by atoms with Crippen molar-refractivity contribution in [2.75, 3.05) is 11.4 Å². The molecule has 0 fully saturated rings. The molecule has 1 aromatic rings. The molecule has 0 saturated carbocycles. The maximum atomic E-state index is 11.3. The fraction of sp³-hybridized carbons (Fsp3) is 0.562. The molecule has 0 amide bonds. The summed E-state index contributed by atoms with van der Waals surface area (Å²) in [7, 11) is 0. The standard InChI is InChI=1S/C16H24ClNO/c1-5-15(6-2)18(10-12(3)4)16-9-14(17)8-7-13(16)11-19/h7-9,11-12,15H,5-6,10H2,1-4H3. The predicted molar refractivity (Wildman–Crippen MR) is 83.4 cm³/mol. The van der Waals surface area contributed by atoms with Crippen LogP contribution in [0.3, 0.4) is 0 Å². The van der Waals surface area contributed by atoms with Crippen LogP contribution in [0.15, 0.2) is 18.2 Å². The number of benzene rings is 1. The quantitative estimate of drug-likeness (QED) is 0.669. The summed E-state index contributed by atoms with van der Waals surface area (Å²) < 4.78 is 0. The van der Waals surface area contributed by atoms with Gasteiger partial charge in [-0.15, -0.1) is 0 Å². The van der Waals surface area contributed by atoms with Gasteiger partial charge in [-0.05, 0) is 37.0 Å². The molecule has 0 bridgehead atoms. The highest BCUT2D eigenvalue weighted by Crippen LogP contribution is 2.28. The van der Waals surface area contributed by atoms with Crippen LogP contribution in [-0.4, -0.2) is 18.9 Å². The SMILES string of the molecule is CCC(CC)N(CC(C)C)c1cc(Cl)ccc1C=O. The van der Waals surface area contributed by atoms with Crippen LogP contribution < -0.4 is 4.90 Å². The van der Waals surface area contributed by atoms with Crippen molar-refractivity contribution in [2.45, 2.75) is 46.6 Å². The smallest absolute Gasteiger partial charge is 0.152 e. The van der Waals surface area contributed by atoms with E-state index in [1.165, 1.54) is 0 Å². The lowest BCUT2D eigenvalue weighted by molar-refractivity contribution is 0.112. The van der Waals surface area contributed by atoms with Crippen molar-refractivity contribution in [3.05, 3.63) is 28.8 Å². The summed E-state index contributed by atoms with van der Waals surface area (Å²) in [5.41, 5.74) is 1.68. The molecule has 0 radical (unpaired) electrons. The zero-order valence-electron chi connectivity index (χ0n) is 12.3. The minimum Gasteiger partial charge on any atom is -0.368 e. The number of halogens is 1. The number of nitrogens with zero attached hydrogens (tertiary/aromatic N) is 1. The van der Waals surface area contributed by atoms with Gasteiger partial charge >= 0.3 is 0 Å². The Morgan fingerprint density at radius 2 is 1.89 bits per heavy atom. The molecule has 0 aliphatic heterocycles. The average molecular weight is 282 g/mol. The van der Waals surface area contributed by atoms with E-state index in [1.807, 2.05) is 6.07 Å². The van der Waals surface area contributed by atoms with Crippen LogP contribution in [0, 0.1) is 5.92 Å². The number of hydrogen-bond acceptors (Lipinski definition) is 2. The maximum Gasteiger partial charge on any atom is 0.152 e. The largest absolute Gasteiger partial charge is 0.368 e. The Balaban J connectivity index is 3.22. The third-order valence-electron chi connectivity index (χ3n) is 3.37. The van der Waals surface area contributed by atoms with E-state index < -0.39 is 0 Å². The highest BCUT2D eigenvalue weighted by Gasteiger charge is 2.19. The summed E-state index contributed by atoms with van der Waals surface area (Å²) in [4.78, 5) is 13.6.